The molecule has 0 aliphatic heterocycles. The van der Waals surface area contributed by atoms with Crippen molar-refractivity contribution in [2.24, 2.45) is 23.6 Å². The molecule has 0 unspecified atom stereocenters. The molecular weight excluding hydrogens is 221 g/mol. The van der Waals surface area contributed by atoms with Crippen LogP contribution in [0.3, 0.4) is 0 Å². The van der Waals surface area contributed by atoms with Gasteiger partial charge in [-0.15, -0.1) is 0 Å². The minimum absolute atomic E-state index is 0. The molecule has 0 aromatic heterocycles. The fourth-order valence-corrected chi connectivity index (χ4v) is 0. The number of nitrogens with two attached hydrogens (primary N) is 4. The number of hydrogen-bond donors (Lipinski definition) is 4. The summed E-state index contributed by atoms with van der Waals surface area (Å²) in [7, 11) is 0. The average Bonchev–Trinajstić information content (AvgIpc) is 2.03. The average molecular weight is 229 g/mol. The van der Waals surface area contributed by atoms with E-state index in [0.29, 0.717) is 0 Å². The first-order valence-electron chi connectivity index (χ1n) is 0.943. The van der Waals surface area contributed by atoms with E-state index in [1.807, 2.05) is 0 Å². The van der Waals surface area contributed by atoms with Gasteiger partial charge in [0.05, 0.1) is 0 Å². The third kappa shape index (κ3) is 3580. The SMILES string of the molecule is N[O-].N[O-].N[O-].N[O-].[Ru+4]. The van der Waals surface area contributed by atoms with Crippen LogP contribution in [-0.2, 0) is 19.5 Å². The summed E-state index contributed by atoms with van der Waals surface area (Å²) in [5.74, 6) is 13.0. The van der Waals surface area contributed by atoms with Crippen LogP contribution >= 0.6 is 0 Å². The van der Waals surface area contributed by atoms with Gasteiger partial charge in [0.1, 0.15) is 0 Å². The molecule has 0 fully saturated rings. The summed E-state index contributed by atoms with van der Waals surface area (Å²) in [4.78, 5) is 0. The summed E-state index contributed by atoms with van der Waals surface area (Å²) in [6.45, 7) is 0. The standard InChI is InChI=1S/4H2NO.Ru/c4*1-2;/h4*1H2;/q4*-1;+4. The van der Waals surface area contributed by atoms with Gasteiger partial charge in [-0.3, -0.25) is 0 Å². The zero-order chi connectivity index (χ0) is 8.00. The van der Waals surface area contributed by atoms with Crippen LogP contribution in [0.5, 0.6) is 0 Å². The van der Waals surface area contributed by atoms with Gasteiger partial charge in [0, 0.05) is 0 Å². The summed E-state index contributed by atoms with van der Waals surface area (Å²) in [6, 6.07) is 0. The van der Waals surface area contributed by atoms with E-state index in [1.165, 1.54) is 0 Å². The van der Waals surface area contributed by atoms with Crippen molar-refractivity contribution in [2.45, 2.75) is 0 Å². The third-order valence-electron chi connectivity index (χ3n) is 0. The van der Waals surface area contributed by atoms with Gasteiger partial charge < -0.3 is 44.4 Å². The predicted octanol–water partition coefficient (Wildman–Crippen LogP) is -2.23. The van der Waals surface area contributed by atoms with Gasteiger partial charge in [-0.05, 0) is 0 Å². The van der Waals surface area contributed by atoms with E-state index in [9.17, 15) is 0 Å². The minimum atomic E-state index is 0. The van der Waals surface area contributed by atoms with Crippen molar-refractivity contribution in [3.05, 3.63) is 20.8 Å². The summed E-state index contributed by atoms with van der Waals surface area (Å²) in [5, 5.41) is 31.0. The smallest absolute Gasteiger partial charge is 0.790 e. The first-order chi connectivity index (χ1) is 4.00. The Morgan fingerprint density at radius 2 is 0.444 bits per heavy atom. The maximum atomic E-state index is 7.75. The Balaban J connectivity index is -0.00000000762. The molecule has 0 bridgehead atoms. The van der Waals surface area contributed by atoms with Crippen molar-refractivity contribution >= 4 is 0 Å². The van der Waals surface area contributed by atoms with Crippen LogP contribution in [0.2, 0.25) is 0 Å². The second kappa shape index (κ2) is 4810. The van der Waals surface area contributed by atoms with Crippen molar-refractivity contribution in [2.75, 3.05) is 0 Å². The topological polar surface area (TPSA) is 196 Å². The van der Waals surface area contributed by atoms with Crippen LogP contribution in [0.1, 0.15) is 0 Å². The minimum Gasteiger partial charge on any atom is -0.790 e. The Hall–Kier alpha value is 0.303. The molecule has 9 heteroatoms. The molecule has 8 N–H and O–H groups in total. The van der Waals surface area contributed by atoms with Crippen molar-refractivity contribution in [3.63, 3.8) is 0 Å². The largest absolute Gasteiger partial charge is 4.00 e. The predicted molar refractivity (Wildman–Crippen MR) is 30.2 cm³/mol. The van der Waals surface area contributed by atoms with Crippen LogP contribution in [-0.4, -0.2) is 0 Å². The molecule has 0 spiro atoms. The van der Waals surface area contributed by atoms with Gasteiger partial charge in [0.25, 0.3) is 0 Å². The molecule has 0 heterocycles. The maximum Gasteiger partial charge on any atom is 4.00 e. The van der Waals surface area contributed by atoms with Crippen molar-refractivity contribution in [3.8, 4) is 0 Å². The summed E-state index contributed by atoms with van der Waals surface area (Å²) in [5.41, 5.74) is 0. The van der Waals surface area contributed by atoms with Crippen molar-refractivity contribution in [1.29, 1.82) is 0 Å². The van der Waals surface area contributed by atoms with E-state index in [0.717, 1.165) is 0 Å². The Bertz CT molecular complexity index is 12.5. The van der Waals surface area contributed by atoms with Crippen LogP contribution in [0.15, 0.2) is 0 Å². The van der Waals surface area contributed by atoms with Crippen LogP contribution in [0.4, 0.5) is 0 Å². The molecule has 0 saturated heterocycles. The fraction of sp³-hybridized carbons (Fsp3) is 0. The van der Waals surface area contributed by atoms with Crippen LogP contribution in [0.25, 0.3) is 0 Å². The normalized spacial score (nSPS) is 2.67. The van der Waals surface area contributed by atoms with Gasteiger partial charge in [0.15, 0.2) is 0 Å². The Morgan fingerprint density at radius 1 is 0.444 bits per heavy atom. The monoisotopic (exact) mass is 230 g/mol. The summed E-state index contributed by atoms with van der Waals surface area (Å²) >= 11 is 0. The molecule has 0 aliphatic rings. The molecule has 0 rings (SSSR count). The number of rotatable bonds is 0. The van der Waals surface area contributed by atoms with Gasteiger partial charge in [-0.25, -0.2) is 0 Å². The molecule has 9 heavy (non-hydrogen) atoms. The van der Waals surface area contributed by atoms with Crippen LogP contribution < -0.4 is 23.6 Å². The second-order valence-corrected chi connectivity index (χ2v) is 0. The van der Waals surface area contributed by atoms with E-state index in [2.05, 4.69) is 23.6 Å². The van der Waals surface area contributed by atoms with E-state index >= 15 is 0 Å². The first-order valence-corrected chi connectivity index (χ1v) is 0.943. The van der Waals surface area contributed by atoms with E-state index in [-0.39, 0.29) is 19.5 Å². The van der Waals surface area contributed by atoms with Gasteiger partial charge in [-0.1, -0.05) is 0 Å². The van der Waals surface area contributed by atoms with E-state index < -0.39 is 0 Å². The van der Waals surface area contributed by atoms with Crippen molar-refractivity contribution < 1.29 is 19.5 Å². The van der Waals surface area contributed by atoms with Crippen LogP contribution in [0, 0.1) is 20.8 Å². The molecule has 8 nitrogen and oxygen atoms in total. The molecule has 0 amide bonds. The molecule has 60 valence electrons. The second-order valence-electron chi connectivity index (χ2n) is 0. The van der Waals surface area contributed by atoms with Crippen molar-refractivity contribution in [1.82, 2.24) is 0 Å². The zero-order valence-corrected chi connectivity index (χ0v) is 6.03. The Kier molecular flexibility index (Phi) is 18500. The van der Waals surface area contributed by atoms with E-state index in [4.69, 9.17) is 20.8 Å². The molecule has 0 aromatic rings. The number of hydrogen-bond acceptors (Lipinski definition) is 8. The zero-order valence-electron chi connectivity index (χ0n) is 4.30. The molecule has 0 aromatic carbocycles. The maximum absolute atomic E-state index is 7.75. The molecular formula is H8N4O4Ru. The Morgan fingerprint density at radius 3 is 0.444 bits per heavy atom. The van der Waals surface area contributed by atoms with Gasteiger partial charge in [-0.2, -0.15) is 0 Å². The third-order valence-corrected chi connectivity index (χ3v) is 0. The quantitative estimate of drug-likeness (QED) is 0.264. The fourth-order valence-electron chi connectivity index (χ4n) is 0. The molecule has 0 saturated carbocycles. The molecule has 0 atom stereocenters. The van der Waals surface area contributed by atoms with Gasteiger partial charge >= 0.3 is 19.5 Å². The summed E-state index contributed by atoms with van der Waals surface area (Å²) in [6.07, 6.45) is 0. The summed E-state index contributed by atoms with van der Waals surface area (Å²) < 4.78 is 0. The Labute approximate surface area is 64.6 Å². The van der Waals surface area contributed by atoms with E-state index in [1.54, 1.807) is 0 Å². The molecule has 0 aliphatic carbocycles. The van der Waals surface area contributed by atoms with Gasteiger partial charge in [0.2, 0.25) is 0 Å². The first kappa shape index (κ1) is 34.6. The molecule has 0 radical (unpaired) electrons.